The second-order valence-electron chi connectivity index (χ2n) is 5.46. The third-order valence-corrected chi connectivity index (χ3v) is 5.24. The lowest BCUT2D eigenvalue weighted by molar-refractivity contribution is -0.122. The van der Waals surface area contributed by atoms with Crippen molar-refractivity contribution in [3.63, 3.8) is 0 Å². The number of hydrogen-bond donors (Lipinski definition) is 2. The highest BCUT2D eigenvalue weighted by molar-refractivity contribution is 8.00. The summed E-state index contributed by atoms with van der Waals surface area (Å²) in [6, 6.07) is 7.53. The fraction of sp³-hybridized carbons (Fsp3) is 0.533. The third kappa shape index (κ3) is 4.40. The minimum atomic E-state index is -0.383. The summed E-state index contributed by atoms with van der Waals surface area (Å²) in [5.41, 5.74) is 5.41. The molecule has 0 fully saturated rings. The van der Waals surface area contributed by atoms with Crippen LogP contribution in [0.4, 0.5) is 0 Å². The first kappa shape index (κ1) is 17.3. The minimum absolute atomic E-state index is 0.0171. The van der Waals surface area contributed by atoms with Crippen LogP contribution in [-0.4, -0.2) is 23.2 Å². The second kappa shape index (κ2) is 7.34. The van der Waals surface area contributed by atoms with Crippen molar-refractivity contribution in [3.05, 3.63) is 29.3 Å². The molecule has 1 aromatic rings. The lowest BCUT2D eigenvalue weighted by Crippen LogP contribution is -2.56. The van der Waals surface area contributed by atoms with E-state index in [1.165, 1.54) is 11.8 Å². The van der Waals surface area contributed by atoms with Crippen LogP contribution >= 0.6 is 23.4 Å². The fourth-order valence-corrected chi connectivity index (χ4v) is 2.75. The summed E-state index contributed by atoms with van der Waals surface area (Å²) < 4.78 is 0. The van der Waals surface area contributed by atoms with E-state index in [1.54, 1.807) is 0 Å². The van der Waals surface area contributed by atoms with Crippen LogP contribution in [0.25, 0.3) is 0 Å². The van der Waals surface area contributed by atoms with Crippen LogP contribution in [0.2, 0.25) is 5.02 Å². The zero-order chi connectivity index (χ0) is 15.3. The average molecular weight is 315 g/mol. The lowest BCUT2D eigenvalue weighted by Gasteiger charge is -2.34. The number of rotatable bonds is 6. The van der Waals surface area contributed by atoms with Gasteiger partial charge in [-0.05, 0) is 31.9 Å². The Morgan fingerprint density at radius 2 is 2.00 bits per heavy atom. The Bertz CT molecular complexity index is 467. The molecule has 0 heterocycles. The van der Waals surface area contributed by atoms with Gasteiger partial charge in [0, 0.05) is 11.4 Å². The molecule has 1 aromatic carbocycles. The van der Waals surface area contributed by atoms with E-state index in [0.29, 0.717) is 11.6 Å². The summed E-state index contributed by atoms with van der Waals surface area (Å²) in [6.45, 7) is 8.38. The topological polar surface area (TPSA) is 55.1 Å². The molecule has 2 unspecified atom stereocenters. The molecular weight excluding hydrogens is 292 g/mol. The summed E-state index contributed by atoms with van der Waals surface area (Å²) in [5.74, 6) is 0.255. The molecule has 1 rings (SSSR count). The Labute approximate surface area is 130 Å². The van der Waals surface area contributed by atoms with Crippen LogP contribution in [-0.2, 0) is 4.79 Å². The maximum atomic E-state index is 12.3. The van der Waals surface area contributed by atoms with Crippen molar-refractivity contribution >= 4 is 29.3 Å². The normalized spacial score (nSPS) is 15.8. The Morgan fingerprint density at radius 3 is 2.50 bits per heavy atom. The maximum absolute atomic E-state index is 12.3. The highest BCUT2D eigenvalue weighted by Gasteiger charge is 2.30. The highest BCUT2D eigenvalue weighted by atomic mass is 35.5. The molecule has 0 aromatic heterocycles. The number of nitrogens with one attached hydrogen (secondary N) is 1. The van der Waals surface area contributed by atoms with E-state index in [-0.39, 0.29) is 22.6 Å². The number of nitrogens with two attached hydrogens (primary N) is 1. The van der Waals surface area contributed by atoms with E-state index in [2.05, 4.69) is 19.2 Å². The van der Waals surface area contributed by atoms with Crippen molar-refractivity contribution in [3.8, 4) is 0 Å². The van der Waals surface area contributed by atoms with Crippen LogP contribution < -0.4 is 11.1 Å². The predicted octanol–water partition coefficient (Wildman–Crippen LogP) is 3.31. The smallest absolute Gasteiger partial charge is 0.233 e. The molecule has 0 aliphatic rings. The van der Waals surface area contributed by atoms with Crippen LogP contribution in [0.5, 0.6) is 0 Å². The van der Waals surface area contributed by atoms with Gasteiger partial charge >= 0.3 is 0 Å². The Morgan fingerprint density at radius 1 is 1.40 bits per heavy atom. The predicted molar refractivity (Wildman–Crippen MR) is 87.2 cm³/mol. The standard InChI is InChI=1S/C15H23ClN2OS/c1-10(2)15(4,9-17)18-14(19)11(3)20-13-8-6-5-7-12(13)16/h5-8,10-11H,9,17H2,1-4H3,(H,18,19). The molecule has 0 saturated carbocycles. The van der Waals surface area contributed by atoms with E-state index in [1.807, 2.05) is 38.1 Å². The third-order valence-electron chi connectivity index (χ3n) is 3.62. The number of hydrogen-bond acceptors (Lipinski definition) is 3. The summed E-state index contributed by atoms with van der Waals surface area (Å²) in [7, 11) is 0. The van der Waals surface area contributed by atoms with Gasteiger partial charge in [0.2, 0.25) is 5.91 Å². The highest BCUT2D eigenvalue weighted by Crippen LogP contribution is 2.30. The number of thioether (sulfide) groups is 1. The van der Waals surface area contributed by atoms with E-state index >= 15 is 0 Å². The van der Waals surface area contributed by atoms with Crippen molar-refractivity contribution in [2.45, 2.75) is 43.4 Å². The zero-order valence-corrected chi connectivity index (χ0v) is 14.0. The lowest BCUT2D eigenvalue weighted by atomic mass is 9.88. The Hall–Kier alpha value is -0.710. The van der Waals surface area contributed by atoms with Crippen molar-refractivity contribution in [1.29, 1.82) is 0 Å². The first-order chi connectivity index (χ1) is 9.30. The van der Waals surface area contributed by atoms with Gasteiger partial charge in [-0.2, -0.15) is 0 Å². The molecule has 3 nitrogen and oxygen atoms in total. The summed E-state index contributed by atoms with van der Waals surface area (Å²) >= 11 is 7.57. The average Bonchev–Trinajstić information content (AvgIpc) is 2.40. The summed E-state index contributed by atoms with van der Waals surface area (Å²) in [5, 5.41) is 3.50. The van der Waals surface area contributed by atoms with E-state index in [4.69, 9.17) is 17.3 Å². The van der Waals surface area contributed by atoms with E-state index in [0.717, 1.165) is 4.90 Å². The Balaban J connectivity index is 2.71. The molecule has 20 heavy (non-hydrogen) atoms. The molecule has 0 spiro atoms. The van der Waals surface area contributed by atoms with Gasteiger partial charge < -0.3 is 11.1 Å². The summed E-state index contributed by atoms with van der Waals surface area (Å²) in [4.78, 5) is 13.2. The molecule has 0 radical (unpaired) electrons. The molecule has 3 N–H and O–H groups in total. The molecule has 0 aliphatic heterocycles. The fourth-order valence-electron chi connectivity index (χ4n) is 1.60. The van der Waals surface area contributed by atoms with Crippen LogP contribution in [0, 0.1) is 5.92 Å². The van der Waals surface area contributed by atoms with Gasteiger partial charge in [-0.25, -0.2) is 0 Å². The molecular formula is C15H23ClN2OS. The molecule has 112 valence electrons. The van der Waals surface area contributed by atoms with Crippen molar-refractivity contribution in [2.75, 3.05) is 6.54 Å². The molecule has 0 saturated heterocycles. The number of amides is 1. The second-order valence-corrected chi connectivity index (χ2v) is 7.25. The van der Waals surface area contributed by atoms with Crippen molar-refractivity contribution < 1.29 is 4.79 Å². The van der Waals surface area contributed by atoms with E-state index < -0.39 is 0 Å². The van der Waals surface area contributed by atoms with Crippen LogP contribution in [0.1, 0.15) is 27.7 Å². The van der Waals surface area contributed by atoms with Gasteiger partial charge in [-0.15, -0.1) is 11.8 Å². The minimum Gasteiger partial charge on any atom is -0.348 e. The molecule has 0 bridgehead atoms. The zero-order valence-electron chi connectivity index (χ0n) is 12.4. The molecule has 5 heteroatoms. The number of carbonyl (C=O) groups excluding carboxylic acids is 1. The maximum Gasteiger partial charge on any atom is 0.233 e. The number of halogens is 1. The molecule has 1 amide bonds. The van der Waals surface area contributed by atoms with E-state index in [9.17, 15) is 4.79 Å². The number of benzene rings is 1. The largest absolute Gasteiger partial charge is 0.348 e. The van der Waals surface area contributed by atoms with Crippen molar-refractivity contribution in [2.24, 2.45) is 11.7 Å². The quantitative estimate of drug-likeness (QED) is 0.792. The van der Waals surface area contributed by atoms with Crippen LogP contribution in [0.15, 0.2) is 29.2 Å². The molecule has 2 atom stereocenters. The monoisotopic (exact) mass is 314 g/mol. The van der Waals surface area contributed by atoms with Gasteiger partial charge in [0.15, 0.2) is 0 Å². The van der Waals surface area contributed by atoms with Gasteiger partial charge in [0.1, 0.15) is 0 Å². The summed E-state index contributed by atoms with van der Waals surface area (Å²) in [6.07, 6.45) is 0. The van der Waals surface area contributed by atoms with Gasteiger partial charge in [0.25, 0.3) is 0 Å². The van der Waals surface area contributed by atoms with Gasteiger partial charge in [-0.3, -0.25) is 4.79 Å². The SMILES string of the molecule is CC(Sc1ccccc1Cl)C(=O)NC(C)(CN)C(C)C. The number of carbonyl (C=O) groups is 1. The van der Waals surface area contributed by atoms with Crippen molar-refractivity contribution in [1.82, 2.24) is 5.32 Å². The molecule has 0 aliphatic carbocycles. The Kier molecular flexibility index (Phi) is 6.37. The van der Waals surface area contributed by atoms with Crippen LogP contribution in [0.3, 0.4) is 0 Å². The first-order valence-electron chi connectivity index (χ1n) is 6.73. The first-order valence-corrected chi connectivity index (χ1v) is 7.99. The van der Waals surface area contributed by atoms with Gasteiger partial charge in [-0.1, -0.05) is 37.6 Å². The van der Waals surface area contributed by atoms with Gasteiger partial charge in [0.05, 0.1) is 15.8 Å².